The van der Waals surface area contributed by atoms with Gasteiger partial charge in [0.05, 0.1) is 16.2 Å². The zero-order chi connectivity index (χ0) is 19.0. The van der Waals surface area contributed by atoms with Gasteiger partial charge in [0.2, 0.25) is 0 Å². The number of aromatic hydroxyl groups is 1. The van der Waals surface area contributed by atoms with Gasteiger partial charge in [0.25, 0.3) is 5.56 Å². The van der Waals surface area contributed by atoms with Crippen LogP contribution >= 0.6 is 11.6 Å². The second-order valence-corrected chi connectivity index (χ2v) is 7.25. The summed E-state index contributed by atoms with van der Waals surface area (Å²) in [5.41, 5.74) is 3.61. The van der Waals surface area contributed by atoms with E-state index in [1.54, 1.807) is 36.0 Å². The Morgan fingerprint density at radius 3 is 2.67 bits per heavy atom. The lowest BCUT2D eigenvalue weighted by molar-refractivity contribution is 0.249. The fourth-order valence-corrected chi connectivity index (χ4v) is 3.69. The monoisotopic (exact) mass is 384 g/mol. The van der Waals surface area contributed by atoms with Crippen molar-refractivity contribution < 1.29 is 5.11 Å². The maximum absolute atomic E-state index is 12.3. The fourth-order valence-electron chi connectivity index (χ4n) is 3.57. The molecule has 6 nitrogen and oxygen atoms in total. The first-order chi connectivity index (χ1) is 13.0. The normalized spacial score (nSPS) is 15.4. The minimum atomic E-state index is -0.0235. The zero-order valence-electron chi connectivity index (χ0n) is 15.1. The van der Waals surface area contributed by atoms with E-state index in [1.807, 2.05) is 18.2 Å². The molecule has 0 amide bonds. The Hall–Kier alpha value is -2.57. The highest BCUT2D eigenvalue weighted by atomic mass is 35.5. The molecule has 0 unspecified atom stereocenters. The third-order valence-electron chi connectivity index (χ3n) is 5.11. The average Bonchev–Trinajstić information content (AvgIpc) is 2.68. The molecule has 0 bridgehead atoms. The van der Waals surface area contributed by atoms with E-state index >= 15 is 0 Å². The summed E-state index contributed by atoms with van der Waals surface area (Å²) < 4.78 is 1.63. The molecule has 1 fully saturated rings. The van der Waals surface area contributed by atoms with Crippen molar-refractivity contribution in [2.24, 2.45) is 7.05 Å². The quantitative estimate of drug-likeness (QED) is 0.752. The molecule has 0 radical (unpaired) electrons. The van der Waals surface area contributed by atoms with Crippen molar-refractivity contribution >= 4 is 28.3 Å². The molecule has 1 aromatic carbocycles. The molecule has 27 heavy (non-hydrogen) atoms. The lowest BCUT2D eigenvalue weighted by atomic mass is 10.1. The molecule has 1 saturated heterocycles. The van der Waals surface area contributed by atoms with Crippen LogP contribution in [-0.4, -0.2) is 45.7 Å². The second-order valence-electron chi connectivity index (χ2n) is 6.85. The third-order valence-corrected chi connectivity index (χ3v) is 5.43. The van der Waals surface area contributed by atoms with Gasteiger partial charge >= 0.3 is 0 Å². The number of halogens is 1. The molecule has 140 valence electrons. The van der Waals surface area contributed by atoms with Gasteiger partial charge < -0.3 is 14.6 Å². The lowest BCUT2D eigenvalue weighted by Gasteiger charge is -2.36. The van der Waals surface area contributed by atoms with Crippen LogP contribution in [0.4, 0.5) is 5.69 Å². The molecular formula is C20H21ClN4O2. The number of hydrogen-bond donors (Lipinski definition) is 1. The van der Waals surface area contributed by atoms with Crippen LogP contribution in [-0.2, 0) is 13.6 Å². The Morgan fingerprint density at radius 1 is 1.15 bits per heavy atom. The number of benzene rings is 1. The van der Waals surface area contributed by atoms with E-state index in [9.17, 15) is 9.90 Å². The highest BCUT2D eigenvalue weighted by Crippen LogP contribution is 2.26. The third kappa shape index (κ3) is 3.50. The van der Waals surface area contributed by atoms with Gasteiger partial charge in [0, 0.05) is 52.0 Å². The van der Waals surface area contributed by atoms with Crippen LogP contribution < -0.4 is 10.5 Å². The van der Waals surface area contributed by atoms with Crippen LogP contribution in [0.15, 0.2) is 47.4 Å². The summed E-state index contributed by atoms with van der Waals surface area (Å²) in [6.07, 6.45) is 1.76. The predicted octanol–water partition coefficient (Wildman–Crippen LogP) is 2.61. The zero-order valence-corrected chi connectivity index (χ0v) is 15.9. The summed E-state index contributed by atoms with van der Waals surface area (Å²) in [5.74, 6) is 0.116. The molecule has 2 aromatic heterocycles. The van der Waals surface area contributed by atoms with Crippen molar-refractivity contribution in [1.29, 1.82) is 0 Å². The van der Waals surface area contributed by atoms with E-state index in [-0.39, 0.29) is 11.3 Å². The average molecular weight is 385 g/mol. The molecule has 1 aliphatic heterocycles. The number of rotatable bonds is 3. The van der Waals surface area contributed by atoms with E-state index in [4.69, 9.17) is 11.6 Å². The standard InChI is InChI=1S/C20H21ClN4O2/c1-23-16-3-2-6-22-20(16)17(12-19(23)27)25-9-7-24(8-10-25)13-14-4-5-15(21)18(26)11-14/h2-6,11-12,26H,7-10,13H2,1H3. The molecule has 0 spiro atoms. The van der Waals surface area contributed by atoms with Crippen LogP contribution in [0.3, 0.4) is 0 Å². The van der Waals surface area contributed by atoms with Crippen molar-refractivity contribution in [3.63, 3.8) is 0 Å². The molecule has 0 saturated carbocycles. The van der Waals surface area contributed by atoms with E-state index in [0.717, 1.165) is 55.0 Å². The molecule has 0 atom stereocenters. The van der Waals surface area contributed by atoms with Gasteiger partial charge in [0.15, 0.2) is 0 Å². The molecule has 0 aliphatic carbocycles. The van der Waals surface area contributed by atoms with E-state index < -0.39 is 0 Å². The van der Waals surface area contributed by atoms with Crippen LogP contribution in [0.25, 0.3) is 11.0 Å². The number of hydrogen-bond acceptors (Lipinski definition) is 5. The summed E-state index contributed by atoms with van der Waals surface area (Å²) in [5, 5.41) is 10.1. The van der Waals surface area contributed by atoms with Gasteiger partial charge in [0.1, 0.15) is 11.3 Å². The number of phenolic OH excluding ortho intramolecular Hbond substituents is 1. The van der Waals surface area contributed by atoms with Crippen molar-refractivity contribution in [2.75, 3.05) is 31.1 Å². The molecular weight excluding hydrogens is 364 g/mol. The molecule has 4 rings (SSSR count). The first-order valence-electron chi connectivity index (χ1n) is 8.92. The van der Waals surface area contributed by atoms with E-state index in [1.165, 1.54) is 0 Å². The Bertz CT molecular complexity index is 1040. The highest BCUT2D eigenvalue weighted by Gasteiger charge is 2.20. The molecule has 3 heterocycles. The Balaban J connectivity index is 1.51. The van der Waals surface area contributed by atoms with E-state index in [0.29, 0.717) is 5.02 Å². The molecule has 1 N–H and O–H groups in total. The number of aryl methyl sites for hydroxylation is 1. The summed E-state index contributed by atoms with van der Waals surface area (Å²) in [7, 11) is 1.77. The summed E-state index contributed by atoms with van der Waals surface area (Å²) in [6, 6.07) is 10.8. The topological polar surface area (TPSA) is 61.6 Å². The van der Waals surface area contributed by atoms with Gasteiger partial charge in [-0.1, -0.05) is 17.7 Å². The largest absolute Gasteiger partial charge is 0.506 e. The fraction of sp³-hybridized carbons (Fsp3) is 0.300. The Morgan fingerprint density at radius 2 is 1.93 bits per heavy atom. The molecule has 7 heteroatoms. The smallest absolute Gasteiger partial charge is 0.252 e. The van der Waals surface area contributed by atoms with Gasteiger partial charge in [-0.2, -0.15) is 0 Å². The second kappa shape index (κ2) is 7.21. The number of aromatic nitrogens is 2. The summed E-state index contributed by atoms with van der Waals surface area (Å²) in [6.45, 7) is 4.13. The minimum absolute atomic E-state index is 0.0235. The van der Waals surface area contributed by atoms with Gasteiger partial charge in [-0.3, -0.25) is 14.7 Å². The minimum Gasteiger partial charge on any atom is -0.506 e. The number of piperazine rings is 1. The van der Waals surface area contributed by atoms with Gasteiger partial charge in [-0.15, -0.1) is 0 Å². The van der Waals surface area contributed by atoms with Crippen molar-refractivity contribution in [3.05, 3.63) is 63.5 Å². The summed E-state index contributed by atoms with van der Waals surface area (Å²) >= 11 is 5.88. The molecule has 3 aromatic rings. The SMILES string of the molecule is Cn1c(=O)cc(N2CCN(Cc3ccc(Cl)c(O)c3)CC2)c2ncccc21. The van der Waals surface area contributed by atoms with Gasteiger partial charge in [-0.05, 0) is 29.8 Å². The first-order valence-corrected chi connectivity index (χ1v) is 9.30. The van der Waals surface area contributed by atoms with Crippen molar-refractivity contribution in [2.45, 2.75) is 6.54 Å². The number of nitrogens with zero attached hydrogens (tertiary/aromatic N) is 4. The van der Waals surface area contributed by atoms with Crippen molar-refractivity contribution in [1.82, 2.24) is 14.5 Å². The van der Waals surface area contributed by atoms with E-state index in [2.05, 4.69) is 14.8 Å². The van der Waals surface area contributed by atoms with Crippen LogP contribution in [0.5, 0.6) is 5.75 Å². The number of fused-ring (bicyclic) bond motifs is 1. The maximum Gasteiger partial charge on any atom is 0.252 e. The molecule has 1 aliphatic rings. The number of anilines is 1. The van der Waals surface area contributed by atoms with Crippen LogP contribution in [0, 0.1) is 0 Å². The Kier molecular flexibility index (Phi) is 4.76. The number of pyridine rings is 2. The Labute approximate surface area is 162 Å². The predicted molar refractivity (Wildman–Crippen MR) is 108 cm³/mol. The van der Waals surface area contributed by atoms with Crippen LogP contribution in [0.1, 0.15) is 5.56 Å². The lowest BCUT2D eigenvalue weighted by Crippen LogP contribution is -2.46. The highest BCUT2D eigenvalue weighted by molar-refractivity contribution is 6.32. The summed E-state index contributed by atoms with van der Waals surface area (Å²) in [4.78, 5) is 21.4. The van der Waals surface area contributed by atoms with Crippen LogP contribution in [0.2, 0.25) is 5.02 Å². The first kappa shape index (κ1) is 17.8. The van der Waals surface area contributed by atoms with Gasteiger partial charge in [-0.25, -0.2) is 0 Å². The maximum atomic E-state index is 12.3. The van der Waals surface area contributed by atoms with Crippen molar-refractivity contribution in [3.8, 4) is 5.75 Å². The number of phenols is 1.